The van der Waals surface area contributed by atoms with Crippen LogP contribution in [0.4, 0.5) is 5.69 Å². The van der Waals surface area contributed by atoms with Crippen molar-refractivity contribution in [1.82, 2.24) is 14.5 Å². The lowest BCUT2D eigenvalue weighted by molar-refractivity contribution is -0.117. The number of hydrogen-bond donors (Lipinski definition) is 2. The number of benzene rings is 2. The molecule has 174 valence electrons. The summed E-state index contributed by atoms with van der Waals surface area (Å²) in [6.45, 7) is 1.36. The van der Waals surface area contributed by atoms with E-state index < -0.39 is 28.0 Å². The van der Waals surface area contributed by atoms with Crippen LogP contribution in [0.3, 0.4) is 0 Å². The zero-order valence-corrected chi connectivity index (χ0v) is 20.4. The summed E-state index contributed by atoms with van der Waals surface area (Å²) in [6.07, 6.45) is 1.57. The zero-order chi connectivity index (χ0) is 24.2. The summed E-state index contributed by atoms with van der Waals surface area (Å²) in [7, 11) is -3.85. The van der Waals surface area contributed by atoms with Gasteiger partial charge in [-0.1, -0.05) is 59.1 Å². The molecule has 12 heteroatoms. The van der Waals surface area contributed by atoms with E-state index in [0.717, 1.165) is 16.4 Å². The highest BCUT2D eigenvalue weighted by Gasteiger charge is 2.18. The van der Waals surface area contributed by atoms with Crippen LogP contribution in [0.1, 0.15) is 11.1 Å². The van der Waals surface area contributed by atoms with Gasteiger partial charge in [-0.3, -0.25) is 9.59 Å². The van der Waals surface area contributed by atoms with Crippen molar-refractivity contribution in [3.05, 3.63) is 85.2 Å². The molecule has 2 aromatic carbocycles. The number of hydrogen-bond acceptors (Lipinski definition) is 5. The van der Waals surface area contributed by atoms with Crippen LogP contribution in [-0.4, -0.2) is 30.7 Å². The van der Waals surface area contributed by atoms with Crippen LogP contribution in [0.15, 0.2) is 58.4 Å². The molecule has 0 bridgehead atoms. The number of rotatable bonds is 8. The Morgan fingerprint density at radius 1 is 1.09 bits per heavy atom. The van der Waals surface area contributed by atoms with Crippen molar-refractivity contribution >= 4 is 56.4 Å². The number of carbonyl (C=O) groups excluding carboxylic acids is 1. The van der Waals surface area contributed by atoms with Crippen molar-refractivity contribution in [2.24, 2.45) is 0 Å². The summed E-state index contributed by atoms with van der Waals surface area (Å²) in [5, 5.41) is 6.62. The summed E-state index contributed by atoms with van der Waals surface area (Å²) in [5.41, 5.74) is 0.853. The first-order chi connectivity index (χ1) is 15.6. The first-order valence-corrected chi connectivity index (χ1v) is 12.2. The van der Waals surface area contributed by atoms with Crippen LogP contribution in [0.5, 0.6) is 0 Å². The van der Waals surface area contributed by atoms with Crippen LogP contribution in [0, 0.1) is 6.92 Å². The minimum atomic E-state index is -3.85. The number of amides is 1. The molecule has 0 aliphatic heterocycles. The maximum absolute atomic E-state index is 12.8. The van der Waals surface area contributed by atoms with E-state index in [1.807, 2.05) is 12.1 Å². The molecule has 1 amide bonds. The van der Waals surface area contributed by atoms with Gasteiger partial charge < -0.3 is 5.32 Å². The third kappa shape index (κ3) is 6.33. The Morgan fingerprint density at radius 3 is 2.55 bits per heavy atom. The summed E-state index contributed by atoms with van der Waals surface area (Å²) in [6, 6.07) is 11.7. The minimum absolute atomic E-state index is 0.0179. The largest absolute Gasteiger partial charge is 0.324 e. The fraction of sp³-hybridized carbons (Fsp3) is 0.190. The van der Waals surface area contributed by atoms with E-state index >= 15 is 0 Å². The third-order valence-electron chi connectivity index (χ3n) is 4.64. The summed E-state index contributed by atoms with van der Waals surface area (Å²) < 4.78 is 29.1. The van der Waals surface area contributed by atoms with Gasteiger partial charge >= 0.3 is 0 Å². The molecular weight excluding hydrogens is 511 g/mol. The average molecular weight is 530 g/mol. The molecule has 1 heterocycles. The van der Waals surface area contributed by atoms with Crippen molar-refractivity contribution in [3.8, 4) is 0 Å². The van der Waals surface area contributed by atoms with E-state index in [9.17, 15) is 18.0 Å². The fourth-order valence-electron chi connectivity index (χ4n) is 2.96. The van der Waals surface area contributed by atoms with E-state index in [-0.39, 0.29) is 27.2 Å². The highest BCUT2D eigenvalue weighted by Crippen LogP contribution is 2.21. The minimum Gasteiger partial charge on any atom is -0.324 e. The van der Waals surface area contributed by atoms with Gasteiger partial charge in [0.25, 0.3) is 5.56 Å². The molecule has 1 aromatic heterocycles. The molecule has 33 heavy (non-hydrogen) atoms. The molecular formula is C21H19Cl3N4O4S. The zero-order valence-electron chi connectivity index (χ0n) is 17.3. The fourth-order valence-corrected chi connectivity index (χ4v) is 4.76. The quantitative estimate of drug-likeness (QED) is 0.463. The molecule has 0 spiro atoms. The van der Waals surface area contributed by atoms with Gasteiger partial charge in [-0.05, 0) is 42.7 Å². The van der Waals surface area contributed by atoms with Crippen molar-refractivity contribution in [3.63, 3.8) is 0 Å². The molecule has 0 saturated heterocycles. The lowest BCUT2D eigenvalue weighted by atomic mass is 10.1. The van der Waals surface area contributed by atoms with Crippen molar-refractivity contribution in [1.29, 1.82) is 0 Å². The SMILES string of the molecule is Cc1ccc(NC(=O)Cn2ncc(Cl)c(Cl)c2=O)cc1S(=O)(=O)NCCc1ccccc1Cl. The monoisotopic (exact) mass is 528 g/mol. The predicted octanol–water partition coefficient (Wildman–Crippen LogP) is 3.67. The molecule has 3 aromatic rings. The molecule has 0 aliphatic rings. The number of sulfonamides is 1. The third-order valence-corrected chi connectivity index (χ3v) is 7.36. The number of nitrogens with one attached hydrogen (secondary N) is 2. The van der Waals surface area contributed by atoms with Crippen LogP contribution < -0.4 is 15.6 Å². The number of halogens is 3. The molecule has 0 unspecified atom stereocenters. The predicted molar refractivity (Wildman–Crippen MR) is 129 cm³/mol. The summed E-state index contributed by atoms with van der Waals surface area (Å²) in [5.74, 6) is -0.595. The molecule has 0 aliphatic carbocycles. The molecule has 8 nitrogen and oxygen atoms in total. The number of aryl methyl sites for hydroxylation is 1. The molecule has 0 saturated carbocycles. The van der Waals surface area contributed by atoms with E-state index in [1.54, 1.807) is 31.2 Å². The van der Waals surface area contributed by atoms with E-state index in [0.29, 0.717) is 17.0 Å². The molecule has 0 radical (unpaired) electrons. The lowest BCUT2D eigenvalue weighted by Gasteiger charge is -2.13. The van der Waals surface area contributed by atoms with Gasteiger partial charge in [-0.2, -0.15) is 5.10 Å². The maximum Gasteiger partial charge on any atom is 0.287 e. The first-order valence-electron chi connectivity index (χ1n) is 9.63. The second kappa shape index (κ2) is 10.7. The van der Waals surface area contributed by atoms with Gasteiger partial charge in [-0.15, -0.1) is 0 Å². The Kier molecular flexibility index (Phi) is 8.14. The van der Waals surface area contributed by atoms with Crippen LogP contribution in [0.2, 0.25) is 15.1 Å². The van der Waals surface area contributed by atoms with E-state index in [2.05, 4.69) is 15.1 Å². The number of aromatic nitrogens is 2. The highest BCUT2D eigenvalue weighted by molar-refractivity contribution is 7.89. The average Bonchev–Trinajstić information content (AvgIpc) is 2.76. The van der Waals surface area contributed by atoms with E-state index in [1.165, 1.54) is 6.07 Å². The molecule has 0 atom stereocenters. The highest BCUT2D eigenvalue weighted by atomic mass is 35.5. The van der Waals surface area contributed by atoms with Gasteiger partial charge in [0, 0.05) is 17.3 Å². The number of anilines is 1. The Labute approximate surface area is 205 Å². The second-order valence-electron chi connectivity index (χ2n) is 7.04. The van der Waals surface area contributed by atoms with Gasteiger partial charge in [0.1, 0.15) is 11.6 Å². The first kappa shape index (κ1) is 25.2. The summed E-state index contributed by atoms with van der Waals surface area (Å²) >= 11 is 17.6. The molecule has 3 rings (SSSR count). The van der Waals surface area contributed by atoms with Gasteiger partial charge in [-0.25, -0.2) is 17.8 Å². The molecule has 2 N–H and O–H groups in total. The Bertz CT molecular complexity index is 1360. The van der Waals surface area contributed by atoms with Gasteiger partial charge in [0.05, 0.1) is 16.1 Å². The Morgan fingerprint density at radius 2 is 1.82 bits per heavy atom. The maximum atomic E-state index is 12.8. The van der Waals surface area contributed by atoms with Crippen molar-refractivity contribution in [2.45, 2.75) is 24.8 Å². The van der Waals surface area contributed by atoms with Crippen molar-refractivity contribution < 1.29 is 13.2 Å². The Hall–Kier alpha value is -2.43. The topological polar surface area (TPSA) is 110 Å². The van der Waals surface area contributed by atoms with Gasteiger partial charge in [0.15, 0.2) is 0 Å². The normalized spacial score (nSPS) is 11.4. The Balaban J connectivity index is 1.70. The lowest BCUT2D eigenvalue weighted by Crippen LogP contribution is -2.30. The summed E-state index contributed by atoms with van der Waals surface area (Å²) in [4.78, 5) is 24.4. The van der Waals surface area contributed by atoms with Gasteiger partial charge in [0.2, 0.25) is 15.9 Å². The van der Waals surface area contributed by atoms with E-state index in [4.69, 9.17) is 34.8 Å². The second-order valence-corrected chi connectivity index (χ2v) is 9.96. The standard InChI is InChI=1S/C21H19Cl3N4O4S/c1-13-6-7-15(27-19(29)12-28-21(30)20(24)17(23)11-25-28)10-18(13)33(31,32)26-9-8-14-4-2-3-5-16(14)22/h2-7,10-11,26H,8-9,12H2,1H3,(H,27,29). The number of nitrogens with zero attached hydrogens (tertiary/aromatic N) is 2. The molecule has 0 fully saturated rings. The van der Waals surface area contributed by atoms with Crippen LogP contribution >= 0.6 is 34.8 Å². The van der Waals surface area contributed by atoms with Crippen LogP contribution in [0.25, 0.3) is 0 Å². The smallest absolute Gasteiger partial charge is 0.287 e. The number of carbonyl (C=O) groups is 1. The van der Waals surface area contributed by atoms with Crippen LogP contribution in [-0.2, 0) is 27.8 Å². The van der Waals surface area contributed by atoms with Crippen molar-refractivity contribution in [2.75, 3.05) is 11.9 Å².